The molecule has 0 spiro atoms. The molecule has 0 aromatic heterocycles. The van der Waals surface area contributed by atoms with Gasteiger partial charge in [0, 0.05) is 11.8 Å². The maximum Gasteiger partial charge on any atom is 0.308 e. The summed E-state index contributed by atoms with van der Waals surface area (Å²) in [5, 5.41) is 9.38. The fourth-order valence-corrected chi connectivity index (χ4v) is 7.26. The molecular formula is C14H12O5S. The molecule has 0 radical (unpaired) electrons. The summed E-state index contributed by atoms with van der Waals surface area (Å²) >= 11 is 0. The highest BCUT2D eigenvalue weighted by atomic mass is 32.2. The molecule has 104 valence electrons. The van der Waals surface area contributed by atoms with E-state index in [2.05, 4.69) is 0 Å². The molecule has 5 nitrogen and oxygen atoms in total. The first-order valence-electron chi connectivity index (χ1n) is 6.50. The van der Waals surface area contributed by atoms with Gasteiger partial charge in [0.25, 0.3) is 0 Å². The molecule has 4 aliphatic carbocycles. The van der Waals surface area contributed by atoms with Gasteiger partial charge >= 0.3 is 5.97 Å². The van der Waals surface area contributed by atoms with Gasteiger partial charge in [-0.1, -0.05) is 18.2 Å². The number of carboxylic acids is 1. The van der Waals surface area contributed by atoms with Gasteiger partial charge in [0.1, 0.15) is 10.5 Å². The molecule has 1 aromatic carbocycles. The number of hydrogen-bond donors (Lipinski definition) is 1. The highest BCUT2D eigenvalue weighted by molar-refractivity contribution is 7.93. The van der Waals surface area contributed by atoms with Gasteiger partial charge in [-0.25, -0.2) is 8.42 Å². The van der Waals surface area contributed by atoms with Crippen LogP contribution in [0.25, 0.3) is 0 Å². The van der Waals surface area contributed by atoms with Gasteiger partial charge in [-0.2, -0.15) is 0 Å². The lowest BCUT2D eigenvalue weighted by atomic mass is 9.98. The third-order valence-electron chi connectivity index (χ3n) is 5.21. The quantitative estimate of drug-likeness (QED) is 0.888. The van der Waals surface area contributed by atoms with Gasteiger partial charge in [-0.3, -0.25) is 9.59 Å². The minimum Gasteiger partial charge on any atom is -0.481 e. The van der Waals surface area contributed by atoms with Crippen molar-refractivity contribution < 1.29 is 23.1 Å². The van der Waals surface area contributed by atoms with Crippen LogP contribution in [-0.2, 0) is 19.4 Å². The van der Waals surface area contributed by atoms with E-state index in [1.807, 2.05) is 0 Å². The first-order valence-corrected chi connectivity index (χ1v) is 7.98. The van der Waals surface area contributed by atoms with E-state index < -0.39 is 38.3 Å². The summed E-state index contributed by atoms with van der Waals surface area (Å²) in [6.45, 7) is 0. The lowest BCUT2D eigenvalue weighted by Crippen LogP contribution is -2.36. The smallest absolute Gasteiger partial charge is 0.308 e. The number of ketones is 1. The number of aliphatic carboxylic acids is 1. The Balaban J connectivity index is 1.91. The summed E-state index contributed by atoms with van der Waals surface area (Å²) in [4.78, 5) is 23.7. The van der Waals surface area contributed by atoms with E-state index in [1.54, 1.807) is 18.2 Å². The van der Waals surface area contributed by atoms with Crippen LogP contribution in [0.1, 0.15) is 6.42 Å². The minimum atomic E-state index is -3.80. The monoisotopic (exact) mass is 292 g/mol. The molecule has 0 saturated heterocycles. The Labute approximate surface area is 115 Å². The molecule has 5 unspecified atom stereocenters. The SMILES string of the molecule is O=C(O)C1C2CC3C(C2=O)C31S(=O)(=O)c1ccccc1. The standard InChI is InChI=1S/C14H12O5S/c15-12-8-6-9-11(12)14(9,10(8)13(16)17)20(18,19)7-4-2-1-3-5-7/h1-5,8-11H,6H2,(H,16,17). The Hall–Kier alpha value is -1.69. The molecule has 5 atom stereocenters. The normalized spacial score (nSPS) is 40.9. The van der Waals surface area contributed by atoms with Crippen LogP contribution < -0.4 is 0 Å². The second kappa shape index (κ2) is 3.31. The number of rotatable bonds is 3. The van der Waals surface area contributed by atoms with Crippen LogP contribution in [0.2, 0.25) is 0 Å². The molecule has 0 heterocycles. The number of carbonyl (C=O) groups excluding carboxylic acids is 1. The first-order chi connectivity index (χ1) is 9.44. The van der Waals surface area contributed by atoms with Crippen LogP contribution in [0.4, 0.5) is 0 Å². The van der Waals surface area contributed by atoms with Gasteiger partial charge in [0.2, 0.25) is 0 Å². The Morgan fingerprint density at radius 2 is 1.90 bits per heavy atom. The second-order valence-corrected chi connectivity index (χ2v) is 8.00. The van der Waals surface area contributed by atoms with E-state index in [0.29, 0.717) is 6.42 Å². The van der Waals surface area contributed by atoms with Crippen molar-refractivity contribution in [3.8, 4) is 0 Å². The van der Waals surface area contributed by atoms with Crippen molar-refractivity contribution in [3.05, 3.63) is 30.3 Å². The topological polar surface area (TPSA) is 88.5 Å². The van der Waals surface area contributed by atoms with Crippen LogP contribution in [-0.4, -0.2) is 30.0 Å². The van der Waals surface area contributed by atoms with E-state index in [-0.39, 0.29) is 16.6 Å². The lowest BCUT2D eigenvalue weighted by molar-refractivity contribution is -0.144. The van der Waals surface area contributed by atoms with E-state index in [0.717, 1.165) is 0 Å². The summed E-state index contributed by atoms with van der Waals surface area (Å²) in [6, 6.07) is 7.86. The molecule has 0 aliphatic heterocycles. The van der Waals surface area contributed by atoms with Crippen LogP contribution in [0.3, 0.4) is 0 Å². The Bertz CT molecular complexity index is 738. The number of carboxylic acid groups (broad SMARTS) is 1. The number of benzene rings is 1. The van der Waals surface area contributed by atoms with Crippen LogP contribution in [0, 0.1) is 23.7 Å². The predicted octanol–water partition coefficient (Wildman–Crippen LogP) is 0.748. The largest absolute Gasteiger partial charge is 0.481 e. The fourth-order valence-electron chi connectivity index (χ4n) is 4.56. The van der Waals surface area contributed by atoms with Crippen LogP contribution >= 0.6 is 0 Å². The Kier molecular flexibility index (Phi) is 2.00. The molecule has 4 fully saturated rings. The molecular weight excluding hydrogens is 280 g/mol. The third kappa shape index (κ3) is 1.02. The molecule has 0 amide bonds. The van der Waals surface area contributed by atoms with Gasteiger partial charge in [0.05, 0.1) is 10.8 Å². The summed E-state index contributed by atoms with van der Waals surface area (Å²) in [5.74, 6) is -3.91. The van der Waals surface area contributed by atoms with Gasteiger partial charge in [0.15, 0.2) is 9.84 Å². The molecule has 4 bridgehead atoms. The molecule has 5 rings (SSSR count). The predicted molar refractivity (Wildman–Crippen MR) is 67.6 cm³/mol. The first kappa shape index (κ1) is 12.1. The zero-order chi connectivity index (χ0) is 14.3. The van der Waals surface area contributed by atoms with Gasteiger partial charge < -0.3 is 5.11 Å². The highest BCUT2D eigenvalue weighted by Crippen LogP contribution is 2.78. The van der Waals surface area contributed by atoms with Crippen molar-refractivity contribution in [1.29, 1.82) is 0 Å². The molecule has 1 aromatic rings. The van der Waals surface area contributed by atoms with Crippen molar-refractivity contribution in [2.45, 2.75) is 16.1 Å². The van der Waals surface area contributed by atoms with Gasteiger partial charge in [-0.15, -0.1) is 0 Å². The summed E-state index contributed by atoms with van der Waals surface area (Å²) < 4.78 is 24.4. The van der Waals surface area contributed by atoms with Crippen molar-refractivity contribution >= 4 is 21.6 Å². The van der Waals surface area contributed by atoms with Crippen molar-refractivity contribution in [3.63, 3.8) is 0 Å². The summed E-state index contributed by atoms with van der Waals surface area (Å²) in [5.41, 5.74) is 0. The van der Waals surface area contributed by atoms with Crippen LogP contribution in [0.15, 0.2) is 35.2 Å². The summed E-state index contributed by atoms with van der Waals surface area (Å²) in [7, 11) is -3.80. The fraction of sp³-hybridized carbons (Fsp3) is 0.429. The average molecular weight is 292 g/mol. The second-order valence-electron chi connectivity index (χ2n) is 5.81. The number of hydrogen-bond acceptors (Lipinski definition) is 4. The number of Topliss-reactive ketones (excluding diaryl/α,β-unsaturated/α-hetero) is 1. The minimum absolute atomic E-state index is 0.120. The maximum absolute atomic E-state index is 12.9. The zero-order valence-corrected chi connectivity index (χ0v) is 11.2. The molecule has 1 N–H and O–H groups in total. The Morgan fingerprint density at radius 3 is 2.40 bits per heavy atom. The number of carbonyl (C=O) groups is 2. The van der Waals surface area contributed by atoms with E-state index >= 15 is 0 Å². The van der Waals surface area contributed by atoms with E-state index in [1.165, 1.54) is 12.1 Å². The van der Waals surface area contributed by atoms with E-state index in [9.17, 15) is 23.1 Å². The molecule has 6 heteroatoms. The molecule has 4 aliphatic rings. The van der Waals surface area contributed by atoms with Crippen molar-refractivity contribution in [2.75, 3.05) is 0 Å². The van der Waals surface area contributed by atoms with Crippen molar-refractivity contribution in [1.82, 2.24) is 0 Å². The van der Waals surface area contributed by atoms with Crippen LogP contribution in [0.5, 0.6) is 0 Å². The Morgan fingerprint density at radius 1 is 1.25 bits per heavy atom. The van der Waals surface area contributed by atoms with E-state index in [4.69, 9.17) is 0 Å². The van der Waals surface area contributed by atoms with Gasteiger partial charge in [-0.05, 0) is 24.5 Å². The lowest BCUT2D eigenvalue weighted by Gasteiger charge is -2.19. The number of sulfone groups is 1. The zero-order valence-electron chi connectivity index (χ0n) is 10.4. The third-order valence-corrected chi connectivity index (χ3v) is 7.85. The maximum atomic E-state index is 12.9. The molecule has 20 heavy (non-hydrogen) atoms. The molecule has 4 saturated carbocycles. The highest BCUT2D eigenvalue weighted by Gasteiger charge is 2.90. The summed E-state index contributed by atoms with van der Waals surface area (Å²) in [6.07, 6.45) is 0.409. The van der Waals surface area contributed by atoms with Crippen molar-refractivity contribution in [2.24, 2.45) is 23.7 Å². The average Bonchev–Trinajstić information content (AvgIpc) is 2.69.